The number of rotatable bonds is 6. The third-order valence-corrected chi connectivity index (χ3v) is 4.95. The van der Waals surface area contributed by atoms with E-state index in [0.717, 1.165) is 29.7 Å². The van der Waals surface area contributed by atoms with Gasteiger partial charge in [-0.2, -0.15) is 0 Å². The van der Waals surface area contributed by atoms with Crippen molar-refractivity contribution in [1.82, 2.24) is 15.5 Å². The molecule has 1 aliphatic rings. The quantitative estimate of drug-likeness (QED) is 0.596. The minimum Gasteiger partial charge on any atom is -0.352 e. The molecule has 0 bridgehead atoms. The highest BCUT2D eigenvalue weighted by Crippen LogP contribution is 2.15. The van der Waals surface area contributed by atoms with Crippen LogP contribution in [0.2, 0.25) is 0 Å². The molecule has 1 fully saturated rings. The summed E-state index contributed by atoms with van der Waals surface area (Å²) in [4.78, 5) is 17.8. The number of likely N-dealkylation sites (tertiary alicyclic amines) is 1. The molecule has 28 heavy (non-hydrogen) atoms. The summed E-state index contributed by atoms with van der Waals surface area (Å²) in [5.74, 6) is 0.708. The van der Waals surface area contributed by atoms with E-state index in [9.17, 15) is 9.18 Å². The molecule has 0 saturated carbocycles. The first kappa shape index (κ1) is 19.9. The summed E-state index contributed by atoms with van der Waals surface area (Å²) in [7, 11) is 1.71. The van der Waals surface area contributed by atoms with E-state index in [1.165, 1.54) is 0 Å². The molecule has 6 heteroatoms. The van der Waals surface area contributed by atoms with Crippen LogP contribution < -0.4 is 10.6 Å². The van der Waals surface area contributed by atoms with Crippen molar-refractivity contribution in [2.24, 2.45) is 4.99 Å². The zero-order chi connectivity index (χ0) is 19.9. The Morgan fingerprint density at radius 1 is 1.07 bits per heavy atom. The Morgan fingerprint density at radius 2 is 1.71 bits per heavy atom. The molecule has 1 saturated heterocycles. The van der Waals surface area contributed by atoms with E-state index in [1.807, 2.05) is 11.0 Å². The van der Waals surface area contributed by atoms with Gasteiger partial charge in [-0.25, -0.2) is 4.39 Å². The smallest absolute Gasteiger partial charge is 0.222 e. The average molecular weight is 382 g/mol. The fourth-order valence-electron chi connectivity index (χ4n) is 3.19. The standard InChI is InChI=1S/C22H27FN4O/c1-16-5-6-19(12-20(16)23)14-26-22(24-2)25-13-17-7-9-18(10-8-17)15-27-11-3-4-21(27)28/h5-10,12H,3-4,11,13-15H2,1-2H3,(H2,24,25,26). The van der Waals surface area contributed by atoms with Crippen LogP contribution in [-0.2, 0) is 24.4 Å². The molecule has 148 valence electrons. The summed E-state index contributed by atoms with van der Waals surface area (Å²) in [5, 5.41) is 6.46. The maximum absolute atomic E-state index is 13.6. The number of halogens is 1. The highest BCUT2D eigenvalue weighted by Gasteiger charge is 2.19. The van der Waals surface area contributed by atoms with Gasteiger partial charge in [0.05, 0.1) is 0 Å². The predicted octanol–water partition coefficient (Wildman–Crippen LogP) is 3.12. The lowest BCUT2D eigenvalue weighted by molar-refractivity contribution is -0.128. The molecule has 2 aromatic rings. The summed E-state index contributed by atoms with van der Waals surface area (Å²) < 4.78 is 13.6. The molecule has 2 aromatic carbocycles. The van der Waals surface area contributed by atoms with Gasteiger partial charge in [-0.3, -0.25) is 9.79 Å². The van der Waals surface area contributed by atoms with Gasteiger partial charge >= 0.3 is 0 Å². The van der Waals surface area contributed by atoms with Crippen molar-refractivity contribution in [2.75, 3.05) is 13.6 Å². The van der Waals surface area contributed by atoms with E-state index in [2.05, 4.69) is 39.9 Å². The maximum Gasteiger partial charge on any atom is 0.222 e. The Hall–Kier alpha value is -2.89. The van der Waals surface area contributed by atoms with Crippen molar-refractivity contribution < 1.29 is 9.18 Å². The van der Waals surface area contributed by atoms with Crippen molar-refractivity contribution in [3.05, 3.63) is 70.5 Å². The van der Waals surface area contributed by atoms with Gasteiger partial charge in [-0.05, 0) is 41.7 Å². The highest BCUT2D eigenvalue weighted by molar-refractivity contribution is 5.79. The molecule has 1 aliphatic heterocycles. The van der Waals surface area contributed by atoms with Gasteiger partial charge in [0.2, 0.25) is 5.91 Å². The van der Waals surface area contributed by atoms with Gasteiger partial charge in [0.25, 0.3) is 0 Å². The zero-order valence-corrected chi connectivity index (χ0v) is 16.5. The molecule has 2 N–H and O–H groups in total. The van der Waals surface area contributed by atoms with Crippen molar-refractivity contribution in [3.63, 3.8) is 0 Å². The molecule has 3 rings (SSSR count). The summed E-state index contributed by atoms with van der Waals surface area (Å²) in [6, 6.07) is 13.5. The van der Waals surface area contributed by atoms with Crippen LogP contribution in [0, 0.1) is 12.7 Å². The lowest BCUT2D eigenvalue weighted by atomic mass is 10.1. The van der Waals surface area contributed by atoms with Gasteiger partial charge in [-0.15, -0.1) is 0 Å². The van der Waals surface area contributed by atoms with Gasteiger partial charge < -0.3 is 15.5 Å². The fourth-order valence-corrected chi connectivity index (χ4v) is 3.19. The molecule has 0 spiro atoms. The van der Waals surface area contributed by atoms with E-state index in [1.54, 1.807) is 26.1 Å². The van der Waals surface area contributed by atoms with Crippen LogP contribution in [0.15, 0.2) is 47.5 Å². The van der Waals surface area contributed by atoms with E-state index < -0.39 is 0 Å². The van der Waals surface area contributed by atoms with E-state index in [0.29, 0.717) is 37.6 Å². The lowest BCUT2D eigenvalue weighted by Crippen LogP contribution is -2.36. The SMILES string of the molecule is CN=C(NCc1ccc(CN2CCCC2=O)cc1)NCc1ccc(C)c(F)c1. The second kappa shape index (κ2) is 9.35. The van der Waals surface area contributed by atoms with Crippen LogP contribution in [0.4, 0.5) is 4.39 Å². The number of nitrogens with zero attached hydrogens (tertiary/aromatic N) is 2. The summed E-state index contributed by atoms with van der Waals surface area (Å²) in [5.41, 5.74) is 3.78. The lowest BCUT2D eigenvalue weighted by Gasteiger charge is -2.16. The van der Waals surface area contributed by atoms with E-state index >= 15 is 0 Å². The van der Waals surface area contributed by atoms with Crippen LogP contribution in [-0.4, -0.2) is 30.4 Å². The third kappa shape index (κ3) is 5.31. The molecule has 0 aromatic heterocycles. The third-order valence-electron chi connectivity index (χ3n) is 4.95. The number of carbonyl (C=O) groups excluding carboxylic acids is 1. The van der Waals surface area contributed by atoms with E-state index in [4.69, 9.17) is 0 Å². The normalized spacial score (nSPS) is 14.5. The second-order valence-corrected chi connectivity index (χ2v) is 7.10. The summed E-state index contributed by atoms with van der Waals surface area (Å²) in [6.45, 7) is 4.42. The summed E-state index contributed by atoms with van der Waals surface area (Å²) >= 11 is 0. The predicted molar refractivity (Wildman–Crippen MR) is 109 cm³/mol. The molecule has 0 unspecified atom stereocenters. The molecule has 0 aliphatic carbocycles. The number of hydrogen-bond donors (Lipinski definition) is 2. The summed E-state index contributed by atoms with van der Waals surface area (Å²) in [6.07, 6.45) is 1.63. The molecular formula is C22H27FN4O. The van der Waals surface area contributed by atoms with Crippen LogP contribution in [0.3, 0.4) is 0 Å². The Labute approximate surface area is 165 Å². The molecular weight excluding hydrogens is 355 g/mol. The number of benzene rings is 2. The Balaban J connectivity index is 1.47. The number of nitrogens with one attached hydrogen (secondary N) is 2. The van der Waals surface area contributed by atoms with Crippen LogP contribution >= 0.6 is 0 Å². The molecule has 0 radical (unpaired) electrons. The number of guanidine groups is 1. The van der Waals surface area contributed by atoms with Crippen molar-refractivity contribution in [1.29, 1.82) is 0 Å². The maximum atomic E-state index is 13.6. The molecule has 1 heterocycles. The van der Waals surface area contributed by atoms with Crippen molar-refractivity contribution in [2.45, 2.75) is 39.4 Å². The number of aryl methyl sites for hydroxylation is 1. The topological polar surface area (TPSA) is 56.7 Å². The monoisotopic (exact) mass is 382 g/mol. The molecule has 5 nitrogen and oxygen atoms in total. The number of hydrogen-bond acceptors (Lipinski definition) is 2. The first-order valence-electron chi connectivity index (χ1n) is 9.60. The number of carbonyl (C=O) groups is 1. The van der Waals surface area contributed by atoms with Crippen molar-refractivity contribution in [3.8, 4) is 0 Å². The van der Waals surface area contributed by atoms with E-state index in [-0.39, 0.29) is 11.7 Å². The largest absolute Gasteiger partial charge is 0.352 e. The Morgan fingerprint density at radius 3 is 2.32 bits per heavy atom. The number of aliphatic imine (C=N–C) groups is 1. The van der Waals surface area contributed by atoms with Gasteiger partial charge in [0.1, 0.15) is 5.82 Å². The van der Waals surface area contributed by atoms with Gasteiger partial charge in [0, 0.05) is 39.6 Å². The minimum absolute atomic E-state index is 0.196. The number of amides is 1. The molecule has 0 atom stereocenters. The van der Waals surface area contributed by atoms with Crippen LogP contribution in [0.1, 0.15) is 35.1 Å². The van der Waals surface area contributed by atoms with Gasteiger partial charge in [-0.1, -0.05) is 36.4 Å². The van der Waals surface area contributed by atoms with Crippen LogP contribution in [0.25, 0.3) is 0 Å². The van der Waals surface area contributed by atoms with Gasteiger partial charge in [0.15, 0.2) is 5.96 Å². The first-order valence-corrected chi connectivity index (χ1v) is 9.60. The second-order valence-electron chi connectivity index (χ2n) is 7.10. The minimum atomic E-state index is -0.196. The Bertz CT molecular complexity index is 848. The first-order chi connectivity index (χ1) is 13.5. The molecule has 1 amide bonds. The zero-order valence-electron chi connectivity index (χ0n) is 16.5. The average Bonchev–Trinajstić information content (AvgIpc) is 3.10. The van der Waals surface area contributed by atoms with Crippen LogP contribution in [0.5, 0.6) is 0 Å². The fraction of sp³-hybridized carbons (Fsp3) is 0.364. The Kier molecular flexibility index (Phi) is 6.63. The van der Waals surface area contributed by atoms with Crippen molar-refractivity contribution >= 4 is 11.9 Å². The highest BCUT2D eigenvalue weighted by atomic mass is 19.1.